The molecule has 1 fully saturated rings. The molecule has 0 bridgehead atoms. The predicted molar refractivity (Wildman–Crippen MR) is 96.9 cm³/mol. The third-order valence-corrected chi connectivity index (χ3v) is 4.06. The van der Waals surface area contributed by atoms with Gasteiger partial charge >= 0.3 is 0 Å². The summed E-state index contributed by atoms with van der Waals surface area (Å²) in [7, 11) is 0. The zero-order chi connectivity index (χ0) is 17.1. The molecule has 4 N–H and O–H groups in total. The number of aromatic hydroxyl groups is 2. The average Bonchev–Trinajstić information content (AvgIpc) is 2.58. The van der Waals surface area contributed by atoms with Crippen molar-refractivity contribution in [3.63, 3.8) is 0 Å². The minimum absolute atomic E-state index is 0. The Bertz CT molecular complexity index is 885. The van der Waals surface area contributed by atoms with E-state index < -0.39 is 0 Å². The van der Waals surface area contributed by atoms with Crippen LogP contribution in [0.25, 0.3) is 12.2 Å². The van der Waals surface area contributed by atoms with Crippen molar-refractivity contribution in [2.45, 2.75) is 12.8 Å². The summed E-state index contributed by atoms with van der Waals surface area (Å²) in [5.41, 5.74) is 3.21. The van der Waals surface area contributed by atoms with E-state index in [2.05, 4.69) is 0 Å². The number of allylic oxidation sites excluding steroid dienone is 2. The van der Waals surface area contributed by atoms with Crippen molar-refractivity contribution in [3.8, 4) is 11.5 Å². The van der Waals surface area contributed by atoms with Gasteiger partial charge in [0.2, 0.25) is 0 Å². The van der Waals surface area contributed by atoms with Gasteiger partial charge in [0.25, 0.3) is 0 Å². The van der Waals surface area contributed by atoms with E-state index in [4.69, 9.17) is 10.8 Å². The van der Waals surface area contributed by atoms with Crippen LogP contribution in [-0.2, 0) is 17.1 Å². The van der Waals surface area contributed by atoms with Crippen molar-refractivity contribution in [3.05, 3.63) is 70.8 Å². The van der Waals surface area contributed by atoms with E-state index in [-0.39, 0.29) is 40.0 Å². The number of hydrogen-bond donors (Lipinski definition) is 4. The molecule has 4 nitrogen and oxygen atoms in total. The van der Waals surface area contributed by atoms with Gasteiger partial charge < -0.3 is 15.6 Å². The number of nitrogens with one attached hydrogen (secondary N) is 2. The van der Waals surface area contributed by atoms with E-state index in [1.54, 1.807) is 36.4 Å². The van der Waals surface area contributed by atoms with Crippen molar-refractivity contribution in [2.75, 3.05) is 0 Å². The van der Waals surface area contributed by atoms with Crippen molar-refractivity contribution in [2.24, 2.45) is 0 Å². The van der Waals surface area contributed by atoms with Crippen LogP contribution in [0.4, 0.5) is 0 Å². The molecule has 3 rings (SSSR count). The van der Waals surface area contributed by atoms with Crippen LogP contribution >= 0.6 is 0 Å². The first-order valence-electron chi connectivity index (χ1n) is 7.71. The zero-order valence-corrected chi connectivity index (χ0v) is 14.6. The molecule has 1 aliphatic rings. The second kappa shape index (κ2) is 7.97. The van der Waals surface area contributed by atoms with Crippen molar-refractivity contribution in [1.82, 2.24) is 0 Å². The molecule has 0 unspecified atom stereocenters. The minimum atomic E-state index is 0. The molecule has 0 saturated heterocycles. The van der Waals surface area contributed by atoms with Crippen LogP contribution in [0.3, 0.4) is 0 Å². The van der Waals surface area contributed by atoms with Gasteiger partial charge in [0.05, 0.1) is 11.4 Å². The van der Waals surface area contributed by atoms with Crippen molar-refractivity contribution >= 4 is 23.6 Å². The molecule has 127 valence electrons. The number of hydrogen-bond acceptors (Lipinski definition) is 4. The third-order valence-electron chi connectivity index (χ3n) is 4.06. The predicted octanol–water partition coefficient (Wildman–Crippen LogP) is 4.40. The maximum Gasteiger partial charge on any atom is 0.122 e. The number of para-hydroxylation sites is 2. The maximum atomic E-state index is 9.99. The van der Waals surface area contributed by atoms with Crippen LogP contribution in [0.15, 0.2) is 59.7 Å². The van der Waals surface area contributed by atoms with Crippen molar-refractivity contribution < 1.29 is 27.3 Å². The Morgan fingerprint density at radius 3 is 1.84 bits per heavy atom. The van der Waals surface area contributed by atoms with E-state index in [9.17, 15) is 10.2 Å². The van der Waals surface area contributed by atoms with Gasteiger partial charge in [0, 0.05) is 33.8 Å². The number of benzene rings is 2. The summed E-state index contributed by atoms with van der Waals surface area (Å²) in [6.45, 7) is 0. The molecule has 1 aliphatic carbocycles. The number of rotatable bonds is 2. The molecule has 0 aromatic heterocycles. The summed E-state index contributed by atoms with van der Waals surface area (Å²) in [5.74, 6) is 0.316. The Morgan fingerprint density at radius 1 is 0.760 bits per heavy atom. The van der Waals surface area contributed by atoms with E-state index in [0.29, 0.717) is 29.5 Å². The molecule has 0 amide bonds. The van der Waals surface area contributed by atoms with Crippen molar-refractivity contribution in [1.29, 1.82) is 10.8 Å². The average molecular weight is 373 g/mol. The monoisotopic (exact) mass is 373 g/mol. The van der Waals surface area contributed by atoms with Gasteiger partial charge in [-0.05, 0) is 42.7 Å². The largest absolute Gasteiger partial charge is 0.507 e. The summed E-state index contributed by atoms with van der Waals surface area (Å²) in [6, 6.07) is 13.9. The minimum Gasteiger partial charge on any atom is -0.507 e. The van der Waals surface area contributed by atoms with Crippen LogP contribution in [0.1, 0.15) is 24.0 Å². The summed E-state index contributed by atoms with van der Waals surface area (Å²) in [4.78, 5) is 0. The molecule has 0 heterocycles. The van der Waals surface area contributed by atoms with Gasteiger partial charge in [0.1, 0.15) is 11.5 Å². The van der Waals surface area contributed by atoms with E-state index in [1.165, 1.54) is 0 Å². The number of phenolic OH excluding ortho intramolecular Hbond substituents is 2. The van der Waals surface area contributed by atoms with Crippen LogP contribution < -0.4 is 0 Å². The first-order valence-corrected chi connectivity index (χ1v) is 7.71. The van der Waals surface area contributed by atoms with Gasteiger partial charge in [-0.25, -0.2) is 0 Å². The molecule has 0 aliphatic heterocycles. The van der Waals surface area contributed by atoms with Gasteiger partial charge in [-0.1, -0.05) is 36.4 Å². The molecule has 25 heavy (non-hydrogen) atoms. The smallest absolute Gasteiger partial charge is 0.122 e. The first-order chi connectivity index (χ1) is 11.6. The second-order valence-electron chi connectivity index (χ2n) is 5.70. The molecule has 2 aromatic carbocycles. The van der Waals surface area contributed by atoms with Crippen LogP contribution in [0.5, 0.6) is 11.5 Å². The van der Waals surface area contributed by atoms with E-state index >= 15 is 0 Å². The second-order valence-corrected chi connectivity index (χ2v) is 5.70. The Balaban J connectivity index is 0.00000225. The molecule has 0 spiro atoms. The standard InChI is InChI=1S/C20H18N2O2.Mn/c21-17-10-9-13(11-14-5-1-3-7-18(14)23)16(20(17)22)12-15-6-2-4-8-19(15)24;/h1-8,11-12,21-24H,9-10H2;. The number of phenols is 2. The quantitative estimate of drug-likeness (QED) is 0.588. The van der Waals surface area contributed by atoms with Gasteiger partial charge in [-0.3, -0.25) is 5.41 Å². The normalized spacial score (nSPS) is 17.6. The van der Waals surface area contributed by atoms with Crippen LogP contribution in [0, 0.1) is 10.8 Å². The summed E-state index contributed by atoms with van der Waals surface area (Å²) in [5, 5.41) is 36.2. The Hall–Kier alpha value is -2.62. The van der Waals surface area contributed by atoms with Gasteiger partial charge in [-0.2, -0.15) is 0 Å². The molecular weight excluding hydrogens is 355 g/mol. The van der Waals surface area contributed by atoms with E-state index in [0.717, 1.165) is 5.57 Å². The molecule has 5 heteroatoms. The summed E-state index contributed by atoms with van der Waals surface area (Å²) >= 11 is 0. The Kier molecular flexibility index (Phi) is 5.97. The first kappa shape index (κ1) is 18.7. The van der Waals surface area contributed by atoms with Gasteiger partial charge in [-0.15, -0.1) is 0 Å². The maximum absolute atomic E-state index is 9.99. The third kappa shape index (κ3) is 4.08. The fourth-order valence-electron chi connectivity index (χ4n) is 2.72. The summed E-state index contributed by atoms with van der Waals surface area (Å²) in [6.07, 6.45) is 4.70. The molecular formula is C20H18MnN2O2. The van der Waals surface area contributed by atoms with Crippen LogP contribution in [-0.4, -0.2) is 21.6 Å². The fourth-order valence-corrected chi connectivity index (χ4v) is 2.72. The zero-order valence-electron chi connectivity index (χ0n) is 13.5. The SMILES string of the molecule is N=C1CCC(=Cc2ccccc2O)C(=Cc2ccccc2O)C1=N.[Mn]. The molecule has 1 saturated carbocycles. The molecule has 1 radical (unpaired) electrons. The Labute approximate surface area is 157 Å². The van der Waals surface area contributed by atoms with E-state index in [1.807, 2.05) is 24.3 Å². The summed E-state index contributed by atoms with van der Waals surface area (Å²) < 4.78 is 0. The molecule has 0 atom stereocenters. The Morgan fingerprint density at radius 2 is 1.28 bits per heavy atom. The molecule has 2 aromatic rings. The van der Waals surface area contributed by atoms with Crippen LogP contribution in [0.2, 0.25) is 0 Å². The fraction of sp³-hybridized carbons (Fsp3) is 0.100. The topological polar surface area (TPSA) is 88.2 Å². The van der Waals surface area contributed by atoms with Gasteiger partial charge in [0.15, 0.2) is 0 Å².